The first kappa shape index (κ1) is 18.1. The van der Waals surface area contributed by atoms with Gasteiger partial charge in [0, 0.05) is 50.2 Å². The van der Waals surface area contributed by atoms with Crippen molar-refractivity contribution in [2.24, 2.45) is 0 Å². The molecule has 0 aliphatic carbocycles. The number of rotatable bonds is 5. The SMILES string of the molecule is CCC(CO)N1CCN(Cc2cc(=O)oc3c(C)c(C)ccc23)CC1. The van der Waals surface area contributed by atoms with Crippen molar-refractivity contribution in [1.29, 1.82) is 0 Å². The third-order valence-electron chi connectivity index (χ3n) is 5.52. The summed E-state index contributed by atoms with van der Waals surface area (Å²) >= 11 is 0. The number of hydrogen-bond acceptors (Lipinski definition) is 5. The Balaban J connectivity index is 1.78. The lowest BCUT2D eigenvalue weighted by molar-refractivity contribution is 0.0609. The van der Waals surface area contributed by atoms with Crippen LogP contribution < -0.4 is 5.63 Å². The van der Waals surface area contributed by atoms with Crippen molar-refractivity contribution < 1.29 is 9.52 Å². The molecule has 1 saturated heterocycles. The van der Waals surface area contributed by atoms with E-state index in [-0.39, 0.29) is 18.3 Å². The van der Waals surface area contributed by atoms with E-state index >= 15 is 0 Å². The molecule has 5 nitrogen and oxygen atoms in total. The van der Waals surface area contributed by atoms with Gasteiger partial charge in [-0.3, -0.25) is 9.80 Å². The smallest absolute Gasteiger partial charge is 0.336 e. The lowest BCUT2D eigenvalue weighted by Gasteiger charge is -2.38. The van der Waals surface area contributed by atoms with Gasteiger partial charge in [0.15, 0.2) is 0 Å². The normalized spacial score (nSPS) is 17.9. The first-order chi connectivity index (χ1) is 12.0. The van der Waals surface area contributed by atoms with Gasteiger partial charge in [-0.25, -0.2) is 4.79 Å². The first-order valence-corrected chi connectivity index (χ1v) is 9.13. The Morgan fingerprint density at radius 2 is 1.92 bits per heavy atom. The largest absolute Gasteiger partial charge is 0.422 e. The van der Waals surface area contributed by atoms with Crippen molar-refractivity contribution in [2.45, 2.75) is 39.8 Å². The van der Waals surface area contributed by atoms with Crippen LogP contribution in [0.3, 0.4) is 0 Å². The second-order valence-electron chi connectivity index (χ2n) is 7.03. The molecular weight excluding hydrogens is 316 g/mol. The van der Waals surface area contributed by atoms with Gasteiger partial charge >= 0.3 is 5.63 Å². The average Bonchev–Trinajstić information content (AvgIpc) is 2.61. The average molecular weight is 344 g/mol. The van der Waals surface area contributed by atoms with Gasteiger partial charge in [-0.15, -0.1) is 0 Å². The van der Waals surface area contributed by atoms with Crippen molar-refractivity contribution in [2.75, 3.05) is 32.8 Å². The number of fused-ring (bicyclic) bond motifs is 1. The van der Waals surface area contributed by atoms with Crippen LogP contribution in [-0.4, -0.2) is 53.7 Å². The van der Waals surface area contributed by atoms with E-state index < -0.39 is 0 Å². The number of nitrogens with zero attached hydrogens (tertiary/aromatic N) is 2. The third kappa shape index (κ3) is 3.78. The summed E-state index contributed by atoms with van der Waals surface area (Å²) < 4.78 is 5.47. The number of aliphatic hydroxyl groups excluding tert-OH is 1. The number of hydrogen-bond donors (Lipinski definition) is 1. The molecular formula is C20H28N2O3. The monoisotopic (exact) mass is 344 g/mol. The van der Waals surface area contributed by atoms with Crippen LogP contribution in [0, 0.1) is 13.8 Å². The molecule has 2 aromatic rings. The highest BCUT2D eigenvalue weighted by molar-refractivity contribution is 5.83. The molecule has 0 amide bonds. The first-order valence-electron chi connectivity index (χ1n) is 9.13. The molecule has 2 heterocycles. The molecule has 0 bridgehead atoms. The molecule has 3 rings (SSSR count). The van der Waals surface area contributed by atoms with Gasteiger partial charge in [0.25, 0.3) is 0 Å². The fourth-order valence-electron chi connectivity index (χ4n) is 3.69. The van der Waals surface area contributed by atoms with E-state index in [0.29, 0.717) is 5.58 Å². The molecule has 25 heavy (non-hydrogen) atoms. The van der Waals surface area contributed by atoms with Crippen LogP contribution in [0.4, 0.5) is 0 Å². The Morgan fingerprint density at radius 1 is 1.20 bits per heavy atom. The Bertz CT molecular complexity index is 787. The molecule has 1 aromatic heterocycles. The van der Waals surface area contributed by atoms with Gasteiger partial charge in [-0.05, 0) is 37.0 Å². The van der Waals surface area contributed by atoms with Crippen molar-refractivity contribution >= 4 is 11.0 Å². The van der Waals surface area contributed by atoms with Crippen LogP contribution in [0.1, 0.15) is 30.0 Å². The topological polar surface area (TPSA) is 56.9 Å². The number of aliphatic hydroxyl groups is 1. The molecule has 1 fully saturated rings. The molecule has 5 heteroatoms. The number of piperazine rings is 1. The van der Waals surface area contributed by atoms with E-state index in [0.717, 1.165) is 61.2 Å². The van der Waals surface area contributed by atoms with Gasteiger partial charge in [-0.1, -0.05) is 19.1 Å². The summed E-state index contributed by atoms with van der Waals surface area (Å²) in [6, 6.07) is 6.04. The van der Waals surface area contributed by atoms with Crippen LogP contribution >= 0.6 is 0 Å². The molecule has 1 aliphatic rings. The lowest BCUT2D eigenvalue weighted by Crippen LogP contribution is -2.50. The molecule has 1 aliphatic heterocycles. The van der Waals surface area contributed by atoms with Gasteiger partial charge in [-0.2, -0.15) is 0 Å². The van der Waals surface area contributed by atoms with E-state index in [1.54, 1.807) is 6.07 Å². The Labute approximate surface area is 148 Å². The highest BCUT2D eigenvalue weighted by atomic mass is 16.4. The predicted molar refractivity (Wildman–Crippen MR) is 100.0 cm³/mol. The Morgan fingerprint density at radius 3 is 2.56 bits per heavy atom. The van der Waals surface area contributed by atoms with Crippen LogP contribution in [-0.2, 0) is 6.54 Å². The van der Waals surface area contributed by atoms with Crippen LogP contribution in [0.2, 0.25) is 0 Å². The fourth-order valence-corrected chi connectivity index (χ4v) is 3.69. The third-order valence-corrected chi connectivity index (χ3v) is 5.52. The van der Waals surface area contributed by atoms with Crippen molar-refractivity contribution in [3.63, 3.8) is 0 Å². The summed E-state index contributed by atoms with van der Waals surface area (Å²) in [7, 11) is 0. The zero-order valence-electron chi connectivity index (χ0n) is 15.4. The summed E-state index contributed by atoms with van der Waals surface area (Å²) in [4.78, 5) is 16.7. The molecule has 0 saturated carbocycles. The van der Waals surface area contributed by atoms with Gasteiger partial charge in [0.05, 0.1) is 6.61 Å². The van der Waals surface area contributed by atoms with Crippen LogP contribution in [0.15, 0.2) is 27.4 Å². The maximum absolute atomic E-state index is 12.0. The number of aryl methyl sites for hydroxylation is 2. The lowest BCUT2D eigenvalue weighted by atomic mass is 10.0. The summed E-state index contributed by atoms with van der Waals surface area (Å²) in [5.74, 6) is 0. The molecule has 1 atom stereocenters. The minimum atomic E-state index is -0.277. The second kappa shape index (κ2) is 7.68. The van der Waals surface area contributed by atoms with Gasteiger partial charge in [0.2, 0.25) is 0 Å². The molecule has 0 radical (unpaired) electrons. The van der Waals surface area contributed by atoms with Crippen LogP contribution in [0.5, 0.6) is 0 Å². The minimum absolute atomic E-state index is 0.222. The maximum Gasteiger partial charge on any atom is 0.336 e. The van der Waals surface area contributed by atoms with E-state index in [1.165, 1.54) is 0 Å². The zero-order valence-corrected chi connectivity index (χ0v) is 15.4. The molecule has 1 unspecified atom stereocenters. The predicted octanol–water partition coefficient (Wildman–Crippen LogP) is 2.30. The molecule has 1 aromatic carbocycles. The Hall–Kier alpha value is -1.69. The highest BCUT2D eigenvalue weighted by Crippen LogP contribution is 2.24. The van der Waals surface area contributed by atoms with Gasteiger partial charge < -0.3 is 9.52 Å². The highest BCUT2D eigenvalue weighted by Gasteiger charge is 2.23. The fraction of sp³-hybridized carbons (Fsp3) is 0.550. The molecule has 136 valence electrons. The summed E-state index contributed by atoms with van der Waals surface area (Å²) in [6.07, 6.45) is 0.972. The Kier molecular flexibility index (Phi) is 5.57. The van der Waals surface area contributed by atoms with E-state index in [9.17, 15) is 9.90 Å². The maximum atomic E-state index is 12.0. The zero-order chi connectivity index (χ0) is 18.0. The molecule has 0 spiro atoms. The van der Waals surface area contributed by atoms with Gasteiger partial charge in [0.1, 0.15) is 5.58 Å². The quantitative estimate of drug-likeness (QED) is 0.844. The molecule has 1 N–H and O–H groups in total. The van der Waals surface area contributed by atoms with Crippen molar-refractivity contribution in [1.82, 2.24) is 9.80 Å². The van der Waals surface area contributed by atoms with E-state index in [4.69, 9.17) is 4.42 Å². The van der Waals surface area contributed by atoms with E-state index in [1.807, 2.05) is 13.8 Å². The number of benzene rings is 1. The van der Waals surface area contributed by atoms with Crippen LogP contribution in [0.25, 0.3) is 11.0 Å². The van der Waals surface area contributed by atoms with E-state index in [2.05, 4.69) is 28.9 Å². The summed E-state index contributed by atoms with van der Waals surface area (Å²) in [5.41, 5.74) is 3.65. The van der Waals surface area contributed by atoms with Crippen molar-refractivity contribution in [3.8, 4) is 0 Å². The second-order valence-corrected chi connectivity index (χ2v) is 7.03. The standard InChI is InChI=1S/C20H28N2O3/c1-4-17(13-23)22-9-7-21(8-10-22)12-16-11-19(24)25-20-15(3)14(2)5-6-18(16)20/h5-6,11,17,23H,4,7-10,12-13H2,1-3H3. The van der Waals surface area contributed by atoms with Crippen molar-refractivity contribution in [3.05, 3.63) is 45.3 Å². The summed E-state index contributed by atoms with van der Waals surface area (Å²) in [6.45, 7) is 10.9. The summed E-state index contributed by atoms with van der Waals surface area (Å²) in [5, 5.41) is 10.5. The minimum Gasteiger partial charge on any atom is -0.422 e.